The maximum atomic E-state index is 12.9. The zero-order valence-electron chi connectivity index (χ0n) is 14.1. The molecule has 2 aromatic rings. The van der Waals surface area contributed by atoms with Crippen LogP contribution in [0.25, 0.3) is 0 Å². The third-order valence-electron chi connectivity index (χ3n) is 4.40. The van der Waals surface area contributed by atoms with E-state index in [2.05, 4.69) is 4.90 Å². The third-order valence-corrected chi connectivity index (χ3v) is 7.73. The highest BCUT2D eigenvalue weighted by atomic mass is 32.2. The molecule has 0 radical (unpaired) electrons. The number of piperazine rings is 1. The quantitative estimate of drug-likeness (QED) is 0.835. The SMILES string of the molecule is COc1cccc(C2CN(S(=O)(=O)c3ccc(C)s3)CCN2C)c1. The average Bonchev–Trinajstić information content (AvgIpc) is 3.02. The molecule has 0 N–H and O–H groups in total. The molecule has 0 amide bonds. The van der Waals surface area contributed by atoms with Gasteiger partial charge in [-0.1, -0.05) is 12.1 Å². The van der Waals surface area contributed by atoms with Crippen LogP contribution in [-0.4, -0.2) is 51.4 Å². The van der Waals surface area contributed by atoms with Gasteiger partial charge >= 0.3 is 0 Å². The molecule has 1 aromatic heterocycles. The van der Waals surface area contributed by atoms with Gasteiger partial charge in [0.25, 0.3) is 10.0 Å². The van der Waals surface area contributed by atoms with Crippen molar-refractivity contribution >= 4 is 21.4 Å². The van der Waals surface area contributed by atoms with Crippen LogP contribution >= 0.6 is 11.3 Å². The normalized spacial score (nSPS) is 20.2. The second-order valence-corrected chi connectivity index (χ2v) is 9.45. The molecule has 1 aliphatic heterocycles. The van der Waals surface area contributed by atoms with Gasteiger partial charge in [-0.2, -0.15) is 4.31 Å². The number of nitrogens with zero attached hydrogens (tertiary/aromatic N) is 2. The summed E-state index contributed by atoms with van der Waals surface area (Å²) in [5.74, 6) is 0.787. The Morgan fingerprint density at radius 3 is 2.67 bits per heavy atom. The molecule has 0 bridgehead atoms. The first-order valence-corrected chi connectivity index (χ1v) is 10.1. The first kappa shape index (κ1) is 17.4. The highest BCUT2D eigenvalue weighted by Gasteiger charge is 2.34. The van der Waals surface area contributed by atoms with Crippen molar-refractivity contribution < 1.29 is 13.2 Å². The molecule has 1 atom stereocenters. The highest BCUT2D eigenvalue weighted by molar-refractivity contribution is 7.91. The lowest BCUT2D eigenvalue weighted by atomic mass is 10.0. The number of hydrogen-bond acceptors (Lipinski definition) is 5. The molecule has 130 valence electrons. The van der Waals surface area contributed by atoms with Crippen LogP contribution in [-0.2, 0) is 10.0 Å². The Hall–Kier alpha value is -1.41. The number of likely N-dealkylation sites (N-methyl/N-ethyl adjacent to an activating group) is 1. The fraction of sp³-hybridized carbons (Fsp3) is 0.412. The van der Waals surface area contributed by atoms with E-state index in [1.807, 2.05) is 44.3 Å². The molecule has 2 heterocycles. The van der Waals surface area contributed by atoms with Gasteiger partial charge in [0, 0.05) is 30.6 Å². The van der Waals surface area contributed by atoms with Crippen molar-refractivity contribution in [2.24, 2.45) is 0 Å². The van der Waals surface area contributed by atoms with Gasteiger partial charge in [0.2, 0.25) is 0 Å². The van der Waals surface area contributed by atoms with Crippen LogP contribution in [0.1, 0.15) is 16.5 Å². The maximum Gasteiger partial charge on any atom is 0.252 e. The van der Waals surface area contributed by atoms with Gasteiger partial charge in [-0.05, 0) is 43.8 Å². The highest BCUT2D eigenvalue weighted by Crippen LogP contribution is 2.31. The van der Waals surface area contributed by atoms with Gasteiger partial charge in [-0.25, -0.2) is 8.42 Å². The van der Waals surface area contributed by atoms with Crippen molar-refractivity contribution in [1.82, 2.24) is 9.21 Å². The van der Waals surface area contributed by atoms with Crippen LogP contribution in [0.3, 0.4) is 0 Å². The molecule has 0 saturated carbocycles. The Balaban J connectivity index is 1.88. The molecule has 0 aliphatic carbocycles. The van der Waals surface area contributed by atoms with Crippen molar-refractivity contribution in [3.63, 3.8) is 0 Å². The first-order chi connectivity index (χ1) is 11.4. The van der Waals surface area contributed by atoms with Gasteiger partial charge in [0.05, 0.1) is 7.11 Å². The average molecular weight is 367 g/mol. The molecule has 3 rings (SSSR count). The summed E-state index contributed by atoms with van der Waals surface area (Å²) < 4.78 is 33.1. The van der Waals surface area contributed by atoms with Crippen LogP contribution in [0.5, 0.6) is 5.75 Å². The number of thiophene rings is 1. The molecule has 1 fully saturated rings. The molecule has 7 heteroatoms. The van der Waals surface area contributed by atoms with Crippen LogP contribution in [0.4, 0.5) is 0 Å². The van der Waals surface area contributed by atoms with Gasteiger partial charge in [-0.15, -0.1) is 11.3 Å². The predicted molar refractivity (Wildman–Crippen MR) is 96.2 cm³/mol. The van der Waals surface area contributed by atoms with Gasteiger partial charge in [-0.3, -0.25) is 4.90 Å². The van der Waals surface area contributed by atoms with Crippen molar-refractivity contribution in [2.45, 2.75) is 17.2 Å². The van der Waals surface area contributed by atoms with Gasteiger partial charge in [0.1, 0.15) is 9.96 Å². The lowest BCUT2D eigenvalue weighted by molar-refractivity contribution is 0.148. The molecule has 1 aliphatic rings. The number of ether oxygens (including phenoxy) is 1. The van der Waals surface area contributed by atoms with Crippen molar-refractivity contribution in [1.29, 1.82) is 0 Å². The number of rotatable bonds is 4. The fourth-order valence-corrected chi connectivity index (χ4v) is 5.83. The third kappa shape index (κ3) is 3.35. The summed E-state index contributed by atoms with van der Waals surface area (Å²) in [6.45, 7) is 3.58. The Labute approximate surface area is 147 Å². The monoisotopic (exact) mass is 366 g/mol. The Morgan fingerprint density at radius 1 is 1.21 bits per heavy atom. The number of hydrogen-bond donors (Lipinski definition) is 0. The Kier molecular flexibility index (Phi) is 4.96. The van der Waals surface area contributed by atoms with E-state index in [4.69, 9.17) is 4.74 Å². The number of methoxy groups -OCH3 is 1. The standard InChI is InChI=1S/C17H22N2O3S2/c1-13-7-8-17(23-13)24(20,21)19-10-9-18(2)16(12-19)14-5-4-6-15(11-14)22-3/h4-8,11,16H,9-10,12H2,1-3H3. The minimum Gasteiger partial charge on any atom is -0.497 e. The smallest absolute Gasteiger partial charge is 0.252 e. The lowest BCUT2D eigenvalue weighted by Crippen LogP contribution is -2.48. The molecule has 1 unspecified atom stereocenters. The number of benzene rings is 1. The van der Waals surface area contributed by atoms with Crippen LogP contribution in [0.2, 0.25) is 0 Å². The largest absolute Gasteiger partial charge is 0.497 e. The predicted octanol–water partition coefficient (Wildman–Crippen LogP) is 2.74. The van der Waals surface area contributed by atoms with E-state index < -0.39 is 10.0 Å². The minimum absolute atomic E-state index is 0.0182. The van der Waals surface area contributed by atoms with Crippen LogP contribution in [0.15, 0.2) is 40.6 Å². The molecular weight excluding hydrogens is 344 g/mol. The topological polar surface area (TPSA) is 49.9 Å². The van der Waals surface area contributed by atoms with E-state index in [9.17, 15) is 8.42 Å². The minimum atomic E-state index is -3.43. The van der Waals surface area contributed by atoms with E-state index in [-0.39, 0.29) is 6.04 Å². The fourth-order valence-electron chi connectivity index (χ4n) is 2.95. The summed E-state index contributed by atoms with van der Waals surface area (Å²) in [7, 11) is 0.242. The summed E-state index contributed by atoms with van der Waals surface area (Å²) >= 11 is 1.33. The van der Waals surface area contributed by atoms with Gasteiger partial charge in [0.15, 0.2) is 0 Å². The summed E-state index contributed by atoms with van der Waals surface area (Å²) in [6, 6.07) is 11.4. The molecule has 0 spiro atoms. The van der Waals surface area contributed by atoms with E-state index in [0.29, 0.717) is 23.8 Å². The van der Waals surface area contributed by atoms with E-state index >= 15 is 0 Å². The number of aryl methyl sites for hydroxylation is 1. The zero-order chi connectivity index (χ0) is 17.3. The molecular formula is C17H22N2O3S2. The zero-order valence-corrected chi connectivity index (χ0v) is 15.7. The molecule has 1 aromatic carbocycles. The van der Waals surface area contributed by atoms with Crippen LogP contribution < -0.4 is 4.74 Å². The van der Waals surface area contributed by atoms with E-state index in [1.165, 1.54) is 11.3 Å². The van der Waals surface area contributed by atoms with E-state index in [0.717, 1.165) is 16.2 Å². The summed E-state index contributed by atoms with van der Waals surface area (Å²) in [4.78, 5) is 3.20. The second-order valence-electron chi connectivity index (χ2n) is 6.00. The second kappa shape index (κ2) is 6.84. The summed E-state index contributed by atoms with van der Waals surface area (Å²) in [6.07, 6.45) is 0. The maximum absolute atomic E-state index is 12.9. The first-order valence-electron chi connectivity index (χ1n) is 7.82. The number of sulfonamides is 1. The Morgan fingerprint density at radius 2 is 2.00 bits per heavy atom. The van der Waals surface area contributed by atoms with Crippen molar-refractivity contribution in [3.8, 4) is 5.75 Å². The molecule has 5 nitrogen and oxygen atoms in total. The Bertz CT molecular complexity index is 817. The van der Waals surface area contributed by atoms with Crippen LogP contribution in [0, 0.1) is 6.92 Å². The van der Waals surface area contributed by atoms with Gasteiger partial charge < -0.3 is 4.74 Å². The lowest BCUT2D eigenvalue weighted by Gasteiger charge is -2.38. The van der Waals surface area contributed by atoms with Crippen molar-refractivity contribution in [2.75, 3.05) is 33.8 Å². The summed E-state index contributed by atoms with van der Waals surface area (Å²) in [5, 5.41) is 0. The van der Waals surface area contributed by atoms with Crippen molar-refractivity contribution in [3.05, 3.63) is 46.8 Å². The summed E-state index contributed by atoms with van der Waals surface area (Å²) in [5.41, 5.74) is 1.07. The van der Waals surface area contributed by atoms with E-state index in [1.54, 1.807) is 17.5 Å². The molecule has 1 saturated heterocycles. The molecule has 24 heavy (non-hydrogen) atoms.